The molecule has 0 atom stereocenters. The lowest BCUT2D eigenvalue weighted by Crippen LogP contribution is -2.45. The highest BCUT2D eigenvalue weighted by atomic mass is 35.5. The van der Waals surface area contributed by atoms with E-state index in [1.54, 1.807) is 0 Å². The minimum atomic E-state index is -0.225. The summed E-state index contributed by atoms with van der Waals surface area (Å²) in [5.41, 5.74) is 0. The average Bonchev–Trinajstić information content (AvgIpc) is 2.66. The van der Waals surface area contributed by atoms with Crippen molar-refractivity contribution < 1.29 is 9.47 Å². The van der Waals surface area contributed by atoms with E-state index >= 15 is 0 Å². The predicted octanol–water partition coefficient (Wildman–Crippen LogP) is 1.45. The molecular formula is C10H18ClNO2. The summed E-state index contributed by atoms with van der Waals surface area (Å²) in [7, 11) is 0. The summed E-state index contributed by atoms with van der Waals surface area (Å²) in [5.74, 6) is 0.534. The van der Waals surface area contributed by atoms with Gasteiger partial charge in [-0.1, -0.05) is 0 Å². The fourth-order valence-electron chi connectivity index (χ4n) is 2.19. The molecule has 0 saturated carbocycles. The van der Waals surface area contributed by atoms with E-state index < -0.39 is 0 Å². The van der Waals surface area contributed by atoms with Crippen LogP contribution in [0, 0.1) is 0 Å². The van der Waals surface area contributed by atoms with Crippen LogP contribution in [0.25, 0.3) is 0 Å². The van der Waals surface area contributed by atoms with Gasteiger partial charge < -0.3 is 14.4 Å². The van der Waals surface area contributed by atoms with E-state index in [1.807, 2.05) is 0 Å². The van der Waals surface area contributed by atoms with Gasteiger partial charge in [0, 0.05) is 31.8 Å². The molecule has 4 heteroatoms. The smallest absolute Gasteiger partial charge is 0.170 e. The summed E-state index contributed by atoms with van der Waals surface area (Å²) in [4.78, 5) is 2.44. The van der Waals surface area contributed by atoms with Crippen LogP contribution in [0.15, 0.2) is 0 Å². The summed E-state index contributed by atoms with van der Waals surface area (Å²) >= 11 is 5.67. The van der Waals surface area contributed by atoms with Gasteiger partial charge in [0.05, 0.1) is 13.2 Å². The van der Waals surface area contributed by atoms with Crippen molar-refractivity contribution in [2.75, 3.05) is 38.7 Å². The second-order valence-electron chi connectivity index (χ2n) is 3.99. The number of rotatable bonds is 3. The molecule has 3 nitrogen and oxygen atoms in total. The quantitative estimate of drug-likeness (QED) is 0.671. The molecule has 0 N–H and O–H groups in total. The Kier molecular flexibility index (Phi) is 3.66. The highest BCUT2D eigenvalue weighted by Gasteiger charge is 2.39. The van der Waals surface area contributed by atoms with E-state index in [9.17, 15) is 0 Å². The maximum absolute atomic E-state index is 5.67. The Morgan fingerprint density at radius 3 is 2.36 bits per heavy atom. The minimum absolute atomic E-state index is 0.225. The topological polar surface area (TPSA) is 21.7 Å². The van der Waals surface area contributed by atoms with Gasteiger partial charge in [0.2, 0.25) is 0 Å². The van der Waals surface area contributed by atoms with Crippen molar-refractivity contribution in [1.29, 1.82) is 0 Å². The number of piperidine rings is 1. The number of hydrogen-bond donors (Lipinski definition) is 0. The SMILES string of the molecule is ClCCCN1CCC2(CC1)OCCO2. The van der Waals surface area contributed by atoms with Crippen LogP contribution in [0.3, 0.4) is 0 Å². The Balaban J connectivity index is 1.74. The fourth-order valence-corrected chi connectivity index (χ4v) is 2.31. The molecule has 14 heavy (non-hydrogen) atoms. The molecule has 0 bridgehead atoms. The fraction of sp³-hybridized carbons (Fsp3) is 1.00. The van der Waals surface area contributed by atoms with Gasteiger partial charge in [-0.3, -0.25) is 0 Å². The zero-order valence-corrected chi connectivity index (χ0v) is 9.26. The van der Waals surface area contributed by atoms with Crippen molar-refractivity contribution in [2.24, 2.45) is 0 Å². The first-order valence-corrected chi connectivity index (χ1v) is 5.94. The van der Waals surface area contributed by atoms with Gasteiger partial charge in [0.15, 0.2) is 5.79 Å². The zero-order chi connectivity index (χ0) is 9.86. The Morgan fingerprint density at radius 1 is 1.14 bits per heavy atom. The molecule has 2 heterocycles. The van der Waals surface area contributed by atoms with Gasteiger partial charge in [0.25, 0.3) is 0 Å². The number of hydrogen-bond acceptors (Lipinski definition) is 3. The average molecular weight is 220 g/mol. The van der Waals surface area contributed by atoms with Gasteiger partial charge >= 0.3 is 0 Å². The van der Waals surface area contributed by atoms with Crippen molar-refractivity contribution in [3.8, 4) is 0 Å². The maximum atomic E-state index is 5.67. The highest BCUT2D eigenvalue weighted by molar-refractivity contribution is 6.17. The second-order valence-corrected chi connectivity index (χ2v) is 4.37. The number of ether oxygens (including phenoxy) is 2. The summed E-state index contributed by atoms with van der Waals surface area (Å²) in [6.45, 7) is 4.80. The highest BCUT2D eigenvalue weighted by Crippen LogP contribution is 2.31. The van der Waals surface area contributed by atoms with Crippen LogP contribution >= 0.6 is 11.6 Å². The minimum Gasteiger partial charge on any atom is -0.347 e. The standard InChI is InChI=1S/C10H18ClNO2/c11-4-1-5-12-6-2-10(3-7-12)13-8-9-14-10/h1-9H2. The number of halogens is 1. The number of alkyl halides is 1. The molecule has 1 spiro atoms. The molecular weight excluding hydrogens is 202 g/mol. The molecule has 0 radical (unpaired) electrons. The monoisotopic (exact) mass is 219 g/mol. The van der Waals surface area contributed by atoms with Crippen LogP contribution in [0.4, 0.5) is 0 Å². The van der Waals surface area contributed by atoms with E-state index in [1.165, 1.54) is 0 Å². The summed E-state index contributed by atoms with van der Waals surface area (Å²) in [6.07, 6.45) is 3.10. The van der Waals surface area contributed by atoms with Crippen molar-refractivity contribution in [3.05, 3.63) is 0 Å². The van der Waals surface area contributed by atoms with E-state index in [-0.39, 0.29) is 5.79 Å². The molecule has 2 saturated heterocycles. The molecule has 0 aromatic rings. The van der Waals surface area contributed by atoms with Crippen LogP contribution in [0.5, 0.6) is 0 Å². The first-order chi connectivity index (χ1) is 6.85. The third-order valence-electron chi connectivity index (χ3n) is 3.04. The Bertz CT molecular complexity index is 173. The van der Waals surface area contributed by atoms with Gasteiger partial charge in [-0.05, 0) is 13.0 Å². The molecule has 82 valence electrons. The molecule has 0 aromatic heterocycles. The number of nitrogens with zero attached hydrogens (tertiary/aromatic N) is 1. The number of likely N-dealkylation sites (tertiary alicyclic amines) is 1. The van der Waals surface area contributed by atoms with Crippen LogP contribution in [-0.4, -0.2) is 49.4 Å². The van der Waals surface area contributed by atoms with Gasteiger partial charge in [-0.15, -0.1) is 11.6 Å². The third-order valence-corrected chi connectivity index (χ3v) is 3.31. The molecule has 2 fully saturated rings. The van der Waals surface area contributed by atoms with Gasteiger partial charge in [0.1, 0.15) is 0 Å². The molecule has 0 unspecified atom stereocenters. The van der Waals surface area contributed by atoms with E-state index in [2.05, 4.69) is 4.90 Å². The zero-order valence-electron chi connectivity index (χ0n) is 8.51. The van der Waals surface area contributed by atoms with Crippen molar-refractivity contribution in [1.82, 2.24) is 4.90 Å². The van der Waals surface area contributed by atoms with Crippen molar-refractivity contribution >= 4 is 11.6 Å². The van der Waals surface area contributed by atoms with Crippen LogP contribution in [0.2, 0.25) is 0 Å². The van der Waals surface area contributed by atoms with Crippen LogP contribution in [-0.2, 0) is 9.47 Å². The molecule has 2 rings (SSSR count). The van der Waals surface area contributed by atoms with Crippen molar-refractivity contribution in [3.63, 3.8) is 0 Å². The summed E-state index contributed by atoms with van der Waals surface area (Å²) in [6, 6.07) is 0. The first-order valence-electron chi connectivity index (χ1n) is 5.41. The molecule has 2 aliphatic heterocycles. The molecule has 0 amide bonds. The predicted molar refractivity (Wildman–Crippen MR) is 55.6 cm³/mol. The lowest BCUT2D eigenvalue weighted by Gasteiger charge is -2.37. The lowest BCUT2D eigenvalue weighted by molar-refractivity contribution is -0.185. The van der Waals surface area contributed by atoms with Crippen molar-refractivity contribution in [2.45, 2.75) is 25.0 Å². The van der Waals surface area contributed by atoms with E-state index in [0.29, 0.717) is 0 Å². The summed E-state index contributed by atoms with van der Waals surface area (Å²) in [5, 5.41) is 0. The van der Waals surface area contributed by atoms with E-state index in [0.717, 1.165) is 58.0 Å². The second kappa shape index (κ2) is 4.79. The Morgan fingerprint density at radius 2 is 1.79 bits per heavy atom. The van der Waals surface area contributed by atoms with Crippen LogP contribution < -0.4 is 0 Å². The maximum Gasteiger partial charge on any atom is 0.170 e. The Hall–Kier alpha value is 0.170. The lowest BCUT2D eigenvalue weighted by atomic mass is 10.0. The largest absolute Gasteiger partial charge is 0.347 e. The Labute approximate surface area is 90.3 Å². The third kappa shape index (κ3) is 2.40. The van der Waals surface area contributed by atoms with Gasteiger partial charge in [-0.2, -0.15) is 0 Å². The normalized spacial score (nSPS) is 27.2. The van der Waals surface area contributed by atoms with E-state index in [4.69, 9.17) is 21.1 Å². The molecule has 0 aromatic carbocycles. The van der Waals surface area contributed by atoms with Gasteiger partial charge in [-0.25, -0.2) is 0 Å². The summed E-state index contributed by atoms with van der Waals surface area (Å²) < 4.78 is 11.3. The first kappa shape index (κ1) is 10.7. The molecule has 2 aliphatic rings. The van der Waals surface area contributed by atoms with Crippen LogP contribution in [0.1, 0.15) is 19.3 Å². The molecule has 0 aliphatic carbocycles.